The maximum atomic E-state index is 11.7. The summed E-state index contributed by atoms with van der Waals surface area (Å²) in [7, 11) is -3.02. The Labute approximate surface area is 111 Å². The third kappa shape index (κ3) is 6.71. The van der Waals surface area contributed by atoms with E-state index in [9.17, 15) is 8.42 Å². The van der Waals surface area contributed by atoms with Gasteiger partial charge in [-0.1, -0.05) is 12.8 Å². The zero-order valence-corrected chi connectivity index (χ0v) is 12.0. The van der Waals surface area contributed by atoms with Gasteiger partial charge in [0.25, 0.3) is 0 Å². The van der Waals surface area contributed by atoms with E-state index in [0.717, 1.165) is 37.8 Å². The number of hydrogen-bond acceptors (Lipinski definition) is 3. The molecule has 0 aromatic rings. The van der Waals surface area contributed by atoms with E-state index < -0.39 is 10.0 Å². The molecule has 18 heavy (non-hydrogen) atoms. The zero-order valence-electron chi connectivity index (χ0n) is 11.2. The molecule has 0 aromatic carbocycles. The van der Waals surface area contributed by atoms with Crippen LogP contribution in [0, 0.1) is 5.92 Å². The molecule has 4 nitrogen and oxygen atoms in total. The van der Waals surface area contributed by atoms with Gasteiger partial charge >= 0.3 is 0 Å². The van der Waals surface area contributed by atoms with Crippen molar-refractivity contribution in [3.8, 4) is 0 Å². The molecule has 0 spiro atoms. The van der Waals surface area contributed by atoms with Gasteiger partial charge in [0, 0.05) is 12.6 Å². The highest BCUT2D eigenvalue weighted by atomic mass is 32.2. The van der Waals surface area contributed by atoms with Gasteiger partial charge in [0.1, 0.15) is 0 Å². The predicted octanol–water partition coefficient (Wildman–Crippen LogP) is 1.63. The fourth-order valence-corrected chi connectivity index (χ4v) is 3.29. The van der Waals surface area contributed by atoms with Crippen molar-refractivity contribution in [2.24, 2.45) is 5.92 Å². The molecule has 0 amide bonds. The molecule has 2 saturated carbocycles. The Morgan fingerprint density at radius 1 is 0.944 bits per heavy atom. The molecule has 2 N–H and O–H groups in total. The van der Waals surface area contributed by atoms with Gasteiger partial charge in [0.15, 0.2) is 0 Å². The van der Waals surface area contributed by atoms with E-state index in [-0.39, 0.29) is 5.75 Å². The monoisotopic (exact) mass is 274 g/mol. The summed E-state index contributed by atoms with van der Waals surface area (Å²) >= 11 is 0. The molecule has 0 aliphatic heterocycles. The maximum absolute atomic E-state index is 11.7. The Bertz CT molecular complexity index is 335. The highest BCUT2D eigenvalue weighted by Gasteiger charge is 2.21. The van der Waals surface area contributed by atoms with Crippen molar-refractivity contribution in [3.05, 3.63) is 0 Å². The summed E-state index contributed by atoms with van der Waals surface area (Å²) in [6.07, 6.45) is 9.18. The van der Waals surface area contributed by atoms with Crippen LogP contribution in [0.1, 0.15) is 51.4 Å². The van der Waals surface area contributed by atoms with E-state index in [1.165, 1.54) is 32.1 Å². The number of unbranched alkanes of at least 4 members (excludes halogenated alkanes) is 1. The third-order valence-electron chi connectivity index (χ3n) is 3.66. The van der Waals surface area contributed by atoms with Gasteiger partial charge < -0.3 is 5.32 Å². The molecular weight excluding hydrogens is 248 g/mol. The molecule has 2 aliphatic carbocycles. The van der Waals surface area contributed by atoms with Crippen molar-refractivity contribution < 1.29 is 8.42 Å². The van der Waals surface area contributed by atoms with Crippen molar-refractivity contribution in [1.82, 2.24) is 10.0 Å². The van der Waals surface area contributed by atoms with Crippen molar-refractivity contribution in [3.63, 3.8) is 0 Å². The molecule has 2 aliphatic rings. The standard InChI is InChI=1S/C13H26N2O2S/c16-18(17,15-10-3-4-12-5-6-12)11-2-1-9-14-13-7-8-13/h12-15H,1-11H2. The first-order chi connectivity index (χ1) is 8.66. The fourth-order valence-electron chi connectivity index (χ4n) is 2.11. The van der Waals surface area contributed by atoms with Crippen LogP contribution in [0.25, 0.3) is 0 Å². The quantitative estimate of drug-likeness (QED) is 0.563. The molecule has 106 valence electrons. The molecular formula is C13H26N2O2S. The minimum absolute atomic E-state index is 0.281. The first-order valence-electron chi connectivity index (χ1n) is 7.36. The number of rotatable bonds is 11. The van der Waals surface area contributed by atoms with Crippen LogP contribution in [0.3, 0.4) is 0 Å². The second-order valence-electron chi connectivity index (χ2n) is 5.73. The molecule has 0 radical (unpaired) electrons. The van der Waals surface area contributed by atoms with E-state index in [0.29, 0.717) is 6.54 Å². The van der Waals surface area contributed by atoms with Crippen LogP contribution >= 0.6 is 0 Å². The first-order valence-corrected chi connectivity index (χ1v) is 9.02. The summed E-state index contributed by atoms with van der Waals surface area (Å²) in [4.78, 5) is 0. The summed E-state index contributed by atoms with van der Waals surface area (Å²) < 4.78 is 26.0. The van der Waals surface area contributed by atoms with E-state index in [2.05, 4.69) is 10.0 Å². The Balaban J connectivity index is 1.43. The van der Waals surface area contributed by atoms with Gasteiger partial charge in [0.05, 0.1) is 5.75 Å². The van der Waals surface area contributed by atoms with Crippen LogP contribution in [0.15, 0.2) is 0 Å². The van der Waals surface area contributed by atoms with Crippen LogP contribution in [0.4, 0.5) is 0 Å². The van der Waals surface area contributed by atoms with Gasteiger partial charge in [-0.2, -0.15) is 0 Å². The van der Waals surface area contributed by atoms with Crippen molar-refractivity contribution in [2.45, 2.75) is 57.4 Å². The zero-order chi connectivity index (χ0) is 12.8. The second-order valence-corrected chi connectivity index (χ2v) is 7.66. The molecule has 0 atom stereocenters. The highest BCUT2D eigenvalue weighted by molar-refractivity contribution is 7.89. The Kier molecular flexibility index (Phi) is 5.45. The van der Waals surface area contributed by atoms with Crippen LogP contribution < -0.4 is 10.0 Å². The van der Waals surface area contributed by atoms with Gasteiger partial charge in [0.2, 0.25) is 10.0 Å². The minimum atomic E-state index is -3.02. The van der Waals surface area contributed by atoms with E-state index >= 15 is 0 Å². The molecule has 2 rings (SSSR count). The average Bonchev–Trinajstić information content (AvgIpc) is 3.17. The Hall–Kier alpha value is -0.130. The second kappa shape index (κ2) is 6.87. The van der Waals surface area contributed by atoms with E-state index in [1.807, 2.05) is 0 Å². The summed E-state index contributed by atoms with van der Waals surface area (Å²) in [6, 6.07) is 0.724. The number of sulfonamides is 1. The molecule has 0 aromatic heterocycles. The van der Waals surface area contributed by atoms with Gasteiger partial charge in [-0.15, -0.1) is 0 Å². The van der Waals surface area contributed by atoms with E-state index in [4.69, 9.17) is 0 Å². The lowest BCUT2D eigenvalue weighted by molar-refractivity contribution is 0.565. The first kappa shape index (κ1) is 14.3. The highest BCUT2D eigenvalue weighted by Crippen LogP contribution is 2.33. The maximum Gasteiger partial charge on any atom is 0.211 e. The molecule has 0 unspecified atom stereocenters. The normalized spacial score (nSPS) is 20.2. The van der Waals surface area contributed by atoms with Gasteiger partial charge in [-0.25, -0.2) is 13.1 Å². The van der Waals surface area contributed by atoms with Gasteiger partial charge in [-0.3, -0.25) is 0 Å². The predicted molar refractivity (Wildman–Crippen MR) is 74.0 cm³/mol. The summed E-state index contributed by atoms with van der Waals surface area (Å²) in [5, 5.41) is 3.40. The smallest absolute Gasteiger partial charge is 0.211 e. The fraction of sp³-hybridized carbons (Fsp3) is 1.00. The molecule has 2 fully saturated rings. The lowest BCUT2D eigenvalue weighted by atomic mass is 10.2. The lowest BCUT2D eigenvalue weighted by Gasteiger charge is -2.06. The molecule has 0 bridgehead atoms. The SMILES string of the molecule is O=S(=O)(CCCCNC1CC1)NCCCC1CC1. The molecule has 0 saturated heterocycles. The number of hydrogen-bond donors (Lipinski definition) is 2. The molecule has 0 heterocycles. The topological polar surface area (TPSA) is 58.2 Å². The van der Waals surface area contributed by atoms with Crippen molar-refractivity contribution in [2.75, 3.05) is 18.8 Å². The summed E-state index contributed by atoms with van der Waals surface area (Å²) in [5.74, 6) is 1.17. The van der Waals surface area contributed by atoms with Crippen LogP contribution in [-0.2, 0) is 10.0 Å². The van der Waals surface area contributed by atoms with Crippen molar-refractivity contribution >= 4 is 10.0 Å². The van der Waals surface area contributed by atoms with Gasteiger partial charge in [-0.05, 0) is 51.0 Å². The van der Waals surface area contributed by atoms with Crippen LogP contribution in [0.2, 0.25) is 0 Å². The van der Waals surface area contributed by atoms with Crippen LogP contribution in [0.5, 0.6) is 0 Å². The van der Waals surface area contributed by atoms with Crippen molar-refractivity contribution in [1.29, 1.82) is 0 Å². The largest absolute Gasteiger partial charge is 0.314 e. The van der Waals surface area contributed by atoms with Crippen LogP contribution in [-0.4, -0.2) is 33.3 Å². The average molecular weight is 274 g/mol. The number of nitrogens with one attached hydrogen (secondary N) is 2. The Morgan fingerprint density at radius 3 is 2.39 bits per heavy atom. The lowest BCUT2D eigenvalue weighted by Crippen LogP contribution is -2.28. The third-order valence-corrected chi connectivity index (χ3v) is 5.13. The minimum Gasteiger partial charge on any atom is -0.314 e. The van der Waals surface area contributed by atoms with E-state index in [1.54, 1.807) is 0 Å². The Morgan fingerprint density at radius 2 is 1.72 bits per heavy atom. The molecule has 5 heteroatoms. The summed E-state index contributed by atoms with van der Waals surface area (Å²) in [6.45, 7) is 1.58. The summed E-state index contributed by atoms with van der Waals surface area (Å²) in [5.41, 5.74) is 0.